The van der Waals surface area contributed by atoms with Crippen molar-refractivity contribution in [3.05, 3.63) is 99.6 Å². The number of methoxy groups -OCH3 is 1. The average molecular weight is 419 g/mol. The van der Waals surface area contributed by atoms with Gasteiger partial charge in [-0.25, -0.2) is 10.2 Å². The maximum atomic E-state index is 12.3. The molecule has 0 spiro atoms. The van der Waals surface area contributed by atoms with Gasteiger partial charge in [0.1, 0.15) is 11.5 Å². The summed E-state index contributed by atoms with van der Waals surface area (Å²) >= 11 is 0. The highest BCUT2D eigenvalue weighted by molar-refractivity contribution is 5.96. The molecule has 0 unspecified atom stereocenters. The number of hydrogen-bond acceptors (Lipinski definition) is 7. The Hall–Kier alpha value is -4.53. The lowest BCUT2D eigenvalue weighted by Gasteiger charge is -2.07. The van der Waals surface area contributed by atoms with Crippen LogP contribution >= 0.6 is 0 Å². The smallest absolute Gasteiger partial charge is 0.343 e. The van der Waals surface area contributed by atoms with Crippen LogP contribution in [0.1, 0.15) is 26.3 Å². The summed E-state index contributed by atoms with van der Waals surface area (Å²) in [5.41, 5.74) is 2.91. The normalized spacial score (nSPS) is 10.5. The SMILES string of the molecule is COc1ccc(C(=O)N/N=C/c2cc([N+](=O)[O-])ccc2OC(=O)c2ccccc2)cc1. The van der Waals surface area contributed by atoms with Gasteiger partial charge in [0.15, 0.2) is 0 Å². The predicted molar refractivity (Wildman–Crippen MR) is 113 cm³/mol. The van der Waals surface area contributed by atoms with E-state index in [9.17, 15) is 19.7 Å². The Morgan fingerprint density at radius 3 is 2.35 bits per heavy atom. The Balaban J connectivity index is 1.78. The molecule has 3 aromatic rings. The van der Waals surface area contributed by atoms with Crippen LogP contribution in [0, 0.1) is 10.1 Å². The van der Waals surface area contributed by atoms with Gasteiger partial charge in [0.05, 0.1) is 23.8 Å². The van der Waals surface area contributed by atoms with Crippen LogP contribution in [0.3, 0.4) is 0 Å². The van der Waals surface area contributed by atoms with Gasteiger partial charge < -0.3 is 9.47 Å². The summed E-state index contributed by atoms with van der Waals surface area (Å²) in [4.78, 5) is 35.0. The van der Waals surface area contributed by atoms with E-state index in [4.69, 9.17) is 9.47 Å². The number of benzene rings is 3. The molecule has 0 aromatic heterocycles. The van der Waals surface area contributed by atoms with E-state index >= 15 is 0 Å². The van der Waals surface area contributed by atoms with Crippen molar-refractivity contribution in [1.82, 2.24) is 5.43 Å². The summed E-state index contributed by atoms with van der Waals surface area (Å²) in [6.45, 7) is 0. The second kappa shape index (κ2) is 9.79. The van der Waals surface area contributed by atoms with Crippen molar-refractivity contribution >= 4 is 23.8 Å². The fourth-order valence-electron chi connectivity index (χ4n) is 2.54. The van der Waals surface area contributed by atoms with Gasteiger partial charge in [-0.1, -0.05) is 18.2 Å². The average Bonchev–Trinajstić information content (AvgIpc) is 2.80. The maximum absolute atomic E-state index is 12.3. The molecule has 9 nitrogen and oxygen atoms in total. The monoisotopic (exact) mass is 419 g/mol. The van der Waals surface area contributed by atoms with E-state index in [1.165, 1.54) is 31.5 Å². The molecule has 3 rings (SSSR count). The zero-order valence-electron chi connectivity index (χ0n) is 16.3. The van der Waals surface area contributed by atoms with E-state index in [2.05, 4.69) is 10.5 Å². The molecule has 156 valence electrons. The van der Waals surface area contributed by atoms with E-state index in [1.54, 1.807) is 54.6 Å². The first-order valence-corrected chi connectivity index (χ1v) is 9.01. The van der Waals surface area contributed by atoms with Crippen molar-refractivity contribution in [2.75, 3.05) is 7.11 Å². The van der Waals surface area contributed by atoms with Crippen molar-refractivity contribution < 1.29 is 24.0 Å². The first-order valence-electron chi connectivity index (χ1n) is 9.01. The minimum Gasteiger partial charge on any atom is -0.497 e. The number of nitro benzene ring substituents is 1. The number of carbonyl (C=O) groups excluding carboxylic acids is 2. The predicted octanol–water partition coefficient (Wildman–Crippen LogP) is 3.59. The first kappa shape index (κ1) is 21.2. The highest BCUT2D eigenvalue weighted by Crippen LogP contribution is 2.24. The van der Waals surface area contributed by atoms with Gasteiger partial charge in [-0.05, 0) is 42.5 Å². The third-order valence-electron chi connectivity index (χ3n) is 4.14. The van der Waals surface area contributed by atoms with E-state index < -0.39 is 16.8 Å². The maximum Gasteiger partial charge on any atom is 0.343 e. The number of non-ortho nitro benzene ring substituents is 1. The quantitative estimate of drug-likeness (QED) is 0.205. The number of ether oxygens (including phenoxy) is 2. The van der Waals surface area contributed by atoms with Crippen LogP contribution in [-0.4, -0.2) is 30.1 Å². The molecule has 0 saturated carbocycles. The molecule has 9 heteroatoms. The minimum atomic E-state index is -0.633. The molecular weight excluding hydrogens is 402 g/mol. The summed E-state index contributed by atoms with van der Waals surface area (Å²) in [5, 5.41) is 14.9. The molecule has 0 fully saturated rings. The number of carbonyl (C=O) groups is 2. The van der Waals surface area contributed by atoms with Gasteiger partial charge in [-0.2, -0.15) is 5.10 Å². The molecule has 1 amide bonds. The van der Waals surface area contributed by atoms with Crippen LogP contribution in [0.25, 0.3) is 0 Å². The zero-order valence-corrected chi connectivity index (χ0v) is 16.3. The van der Waals surface area contributed by atoms with E-state index in [1.807, 2.05) is 0 Å². The number of nitrogens with one attached hydrogen (secondary N) is 1. The van der Waals surface area contributed by atoms with Crippen LogP contribution in [0.5, 0.6) is 11.5 Å². The molecule has 0 aliphatic rings. The Morgan fingerprint density at radius 2 is 1.71 bits per heavy atom. The number of rotatable bonds is 7. The summed E-state index contributed by atoms with van der Waals surface area (Å²) in [6, 6.07) is 18.4. The summed E-state index contributed by atoms with van der Waals surface area (Å²) < 4.78 is 10.4. The molecule has 31 heavy (non-hydrogen) atoms. The van der Waals surface area contributed by atoms with Crippen molar-refractivity contribution in [3.63, 3.8) is 0 Å². The molecular formula is C22H17N3O6. The molecule has 0 bridgehead atoms. The second-order valence-electron chi connectivity index (χ2n) is 6.16. The topological polar surface area (TPSA) is 120 Å². The third kappa shape index (κ3) is 5.51. The third-order valence-corrected chi connectivity index (χ3v) is 4.14. The Kier molecular flexibility index (Phi) is 6.69. The van der Waals surface area contributed by atoms with Crippen LogP contribution in [0.2, 0.25) is 0 Å². The fraction of sp³-hybridized carbons (Fsp3) is 0.0455. The number of nitrogens with zero attached hydrogens (tertiary/aromatic N) is 2. The Labute approximate surface area is 177 Å². The van der Waals surface area contributed by atoms with Crippen molar-refractivity contribution in [1.29, 1.82) is 0 Å². The number of hydrazone groups is 1. The van der Waals surface area contributed by atoms with Gasteiger partial charge in [0.25, 0.3) is 11.6 Å². The second-order valence-corrected chi connectivity index (χ2v) is 6.16. The summed E-state index contributed by atoms with van der Waals surface area (Å²) in [5.74, 6) is -0.470. The molecule has 1 N–H and O–H groups in total. The van der Waals surface area contributed by atoms with Gasteiger partial charge in [0.2, 0.25) is 0 Å². The lowest BCUT2D eigenvalue weighted by molar-refractivity contribution is -0.384. The lowest BCUT2D eigenvalue weighted by atomic mass is 10.2. The number of hydrogen-bond donors (Lipinski definition) is 1. The van der Waals surface area contributed by atoms with Crippen LogP contribution in [0.4, 0.5) is 5.69 Å². The van der Waals surface area contributed by atoms with Crippen LogP contribution in [-0.2, 0) is 0 Å². The summed E-state index contributed by atoms with van der Waals surface area (Å²) in [6.07, 6.45) is 1.17. The molecule has 0 aliphatic heterocycles. The fourth-order valence-corrected chi connectivity index (χ4v) is 2.54. The standard InChI is InChI=1S/C22H17N3O6/c1-30-19-10-7-15(8-11-19)21(26)24-23-14-17-13-18(25(28)29)9-12-20(17)31-22(27)16-5-3-2-4-6-16/h2-14H,1H3,(H,24,26)/b23-14+. The first-order chi connectivity index (χ1) is 15.0. The number of amides is 1. The van der Waals surface area contributed by atoms with Gasteiger partial charge >= 0.3 is 5.97 Å². The molecule has 0 aliphatic carbocycles. The van der Waals surface area contributed by atoms with Crippen LogP contribution in [0.15, 0.2) is 77.9 Å². The Morgan fingerprint density at radius 1 is 1.00 bits per heavy atom. The van der Waals surface area contributed by atoms with Crippen LogP contribution < -0.4 is 14.9 Å². The van der Waals surface area contributed by atoms with Crippen molar-refractivity contribution in [2.45, 2.75) is 0 Å². The molecule has 0 saturated heterocycles. The lowest BCUT2D eigenvalue weighted by Crippen LogP contribution is -2.17. The van der Waals surface area contributed by atoms with E-state index in [0.717, 1.165) is 0 Å². The largest absolute Gasteiger partial charge is 0.497 e. The number of nitro groups is 1. The van der Waals surface area contributed by atoms with Gasteiger partial charge in [0, 0.05) is 23.3 Å². The number of esters is 1. The van der Waals surface area contributed by atoms with Gasteiger partial charge in [-0.15, -0.1) is 0 Å². The zero-order chi connectivity index (χ0) is 22.2. The van der Waals surface area contributed by atoms with Gasteiger partial charge in [-0.3, -0.25) is 14.9 Å². The Bertz CT molecular complexity index is 1130. The van der Waals surface area contributed by atoms with E-state index in [-0.39, 0.29) is 17.0 Å². The van der Waals surface area contributed by atoms with Crippen molar-refractivity contribution in [3.8, 4) is 11.5 Å². The molecule has 0 radical (unpaired) electrons. The minimum absolute atomic E-state index is 0.0573. The van der Waals surface area contributed by atoms with Crippen molar-refractivity contribution in [2.24, 2.45) is 5.10 Å². The summed E-state index contributed by atoms with van der Waals surface area (Å²) in [7, 11) is 1.51. The highest BCUT2D eigenvalue weighted by Gasteiger charge is 2.15. The molecule has 3 aromatic carbocycles. The molecule has 0 atom stereocenters. The molecule has 0 heterocycles. The highest BCUT2D eigenvalue weighted by atomic mass is 16.6. The van der Waals surface area contributed by atoms with E-state index in [0.29, 0.717) is 16.9 Å².